The molecule has 1 saturated heterocycles. The monoisotopic (exact) mass is 441 g/mol. The van der Waals surface area contributed by atoms with Crippen LogP contribution >= 0.6 is 0 Å². The van der Waals surface area contributed by atoms with E-state index in [0.29, 0.717) is 36.3 Å². The number of aliphatic carboxylic acids is 1. The number of hydrogen-bond acceptors (Lipinski definition) is 7. The number of aromatic nitrogens is 2. The lowest BCUT2D eigenvalue weighted by Crippen LogP contribution is -2.38. The Kier molecular flexibility index (Phi) is 6.58. The van der Waals surface area contributed by atoms with E-state index >= 15 is 0 Å². The van der Waals surface area contributed by atoms with E-state index in [4.69, 9.17) is 14.6 Å². The summed E-state index contributed by atoms with van der Waals surface area (Å²) in [5, 5.41) is 11.8. The molecule has 1 aromatic heterocycles. The van der Waals surface area contributed by atoms with Gasteiger partial charge in [-0.1, -0.05) is 12.8 Å². The molecule has 2 aliphatic rings. The van der Waals surface area contributed by atoms with E-state index in [1.165, 1.54) is 0 Å². The molecule has 1 fully saturated rings. The van der Waals surface area contributed by atoms with Gasteiger partial charge in [0, 0.05) is 24.5 Å². The number of ether oxygens (including phenoxy) is 2. The highest BCUT2D eigenvalue weighted by molar-refractivity contribution is 6.08. The number of carbonyl (C=O) groups excluding carboxylic acids is 1. The Balaban J connectivity index is 1.34. The SMILES string of the molecule is COc1c(OCCCCCCn2ccnc2)ccc2c1CN1C(=N2)NC(=O)C1CC(=O)O. The highest BCUT2D eigenvalue weighted by atomic mass is 16.5. The van der Waals surface area contributed by atoms with Gasteiger partial charge in [0.15, 0.2) is 11.5 Å². The molecule has 3 heterocycles. The Hall–Kier alpha value is -3.56. The molecule has 32 heavy (non-hydrogen) atoms. The molecule has 10 nitrogen and oxygen atoms in total. The molecule has 1 atom stereocenters. The van der Waals surface area contributed by atoms with Crippen molar-refractivity contribution >= 4 is 23.5 Å². The molecule has 2 N–H and O–H groups in total. The minimum absolute atomic E-state index is 0.292. The number of carboxylic acid groups (broad SMARTS) is 1. The summed E-state index contributed by atoms with van der Waals surface area (Å²) in [4.78, 5) is 33.6. The number of amides is 1. The van der Waals surface area contributed by atoms with Gasteiger partial charge in [0.1, 0.15) is 6.04 Å². The molecule has 2 aromatic rings. The third-order valence-electron chi connectivity index (χ3n) is 5.64. The number of aryl methyl sites for hydroxylation is 1. The van der Waals surface area contributed by atoms with E-state index in [2.05, 4.69) is 19.9 Å². The Labute approximate surface area is 185 Å². The molecular formula is C22H27N5O5. The van der Waals surface area contributed by atoms with Gasteiger partial charge in [-0.05, 0) is 25.0 Å². The maximum Gasteiger partial charge on any atom is 0.305 e. The minimum atomic E-state index is -1.04. The average Bonchev–Trinajstić information content (AvgIpc) is 3.39. The van der Waals surface area contributed by atoms with Crippen LogP contribution in [0.3, 0.4) is 0 Å². The van der Waals surface area contributed by atoms with Crippen LogP contribution in [0.5, 0.6) is 11.5 Å². The normalized spacial score (nSPS) is 16.8. The van der Waals surface area contributed by atoms with Crippen molar-refractivity contribution in [1.82, 2.24) is 19.8 Å². The lowest BCUT2D eigenvalue weighted by molar-refractivity contribution is -0.140. The third kappa shape index (κ3) is 4.68. The van der Waals surface area contributed by atoms with E-state index in [9.17, 15) is 9.59 Å². The van der Waals surface area contributed by atoms with Gasteiger partial charge in [0.05, 0.1) is 38.7 Å². The summed E-state index contributed by atoms with van der Waals surface area (Å²) in [6, 6.07) is 2.86. The number of benzene rings is 1. The third-order valence-corrected chi connectivity index (χ3v) is 5.64. The molecule has 0 bridgehead atoms. The van der Waals surface area contributed by atoms with Crippen molar-refractivity contribution in [2.24, 2.45) is 4.99 Å². The molecule has 1 aromatic carbocycles. The van der Waals surface area contributed by atoms with Crippen LogP contribution in [0.1, 0.15) is 37.7 Å². The zero-order valence-corrected chi connectivity index (χ0v) is 18.0. The van der Waals surface area contributed by atoms with Gasteiger partial charge in [-0.3, -0.25) is 14.9 Å². The van der Waals surface area contributed by atoms with Crippen molar-refractivity contribution in [2.45, 2.75) is 51.2 Å². The lowest BCUT2D eigenvalue weighted by atomic mass is 10.1. The summed E-state index contributed by atoms with van der Waals surface area (Å²) in [6.07, 6.45) is 9.49. The van der Waals surface area contributed by atoms with E-state index in [1.807, 2.05) is 24.7 Å². The van der Waals surface area contributed by atoms with Crippen LogP contribution in [-0.2, 0) is 22.7 Å². The number of fused-ring (bicyclic) bond motifs is 2. The maximum atomic E-state index is 12.2. The van der Waals surface area contributed by atoms with Crippen molar-refractivity contribution in [3.05, 3.63) is 36.4 Å². The van der Waals surface area contributed by atoms with Crippen molar-refractivity contribution < 1.29 is 24.2 Å². The molecular weight excluding hydrogens is 414 g/mol. The van der Waals surface area contributed by atoms with Crippen LogP contribution in [0.2, 0.25) is 0 Å². The Morgan fingerprint density at radius 3 is 2.88 bits per heavy atom. The highest BCUT2D eigenvalue weighted by Gasteiger charge is 2.41. The molecule has 1 amide bonds. The van der Waals surface area contributed by atoms with Crippen LogP contribution in [0.4, 0.5) is 5.69 Å². The molecule has 4 rings (SSSR count). The quantitative estimate of drug-likeness (QED) is 0.514. The first-order valence-corrected chi connectivity index (χ1v) is 10.7. The zero-order valence-electron chi connectivity index (χ0n) is 18.0. The number of guanidine groups is 1. The largest absolute Gasteiger partial charge is 0.492 e. The number of nitrogens with zero attached hydrogens (tertiary/aromatic N) is 4. The Morgan fingerprint density at radius 1 is 1.28 bits per heavy atom. The number of carbonyl (C=O) groups is 2. The van der Waals surface area contributed by atoms with Crippen LogP contribution < -0.4 is 14.8 Å². The number of rotatable bonds is 11. The number of aliphatic imine (C=N–C) groups is 1. The Bertz CT molecular complexity index is 1000. The maximum absolute atomic E-state index is 12.2. The number of nitrogens with one attached hydrogen (secondary N) is 1. The topological polar surface area (TPSA) is 118 Å². The van der Waals surface area contributed by atoms with Gasteiger partial charge in [-0.25, -0.2) is 9.98 Å². The second-order valence-corrected chi connectivity index (χ2v) is 7.82. The van der Waals surface area contributed by atoms with E-state index in [-0.39, 0.29) is 12.3 Å². The van der Waals surface area contributed by atoms with Crippen LogP contribution in [0.15, 0.2) is 35.8 Å². The first-order valence-electron chi connectivity index (χ1n) is 10.7. The lowest BCUT2D eigenvalue weighted by Gasteiger charge is -2.28. The van der Waals surface area contributed by atoms with Gasteiger partial charge < -0.3 is 24.0 Å². The summed E-state index contributed by atoms with van der Waals surface area (Å²) in [5.41, 5.74) is 1.46. The van der Waals surface area contributed by atoms with Gasteiger partial charge >= 0.3 is 5.97 Å². The molecule has 2 aliphatic heterocycles. The summed E-state index contributed by atoms with van der Waals surface area (Å²) >= 11 is 0. The van der Waals surface area contributed by atoms with Gasteiger partial charge in [-0.15, -0.1) is 0 Å². The fraction of sp³-hybridized carbons (Fsp3) is 0.455. The van der Waals surface area contributed by atoms with Gasteiger partial charge in [-0.2, -0.15) is 0 Å². The predicted octanol–water partition coefficient (Wildman–Crippen LogP) is 2.31. The summed E-state index contributed by atoms with van der Waals surface area (Å²) in [5.74, 6) is 0.171. The summed E-state index contributed by atoms with van der Waals surface area (Å²) in [7, 11) is 1.57. The zero-order chi connectivity index (χ0) is 22.5. The van der Waals surface area contributed by atoms with Crippen molar-refractivity contribution in [3.63, 3.8) is 0 Å². The predicted molar refractivity (Wildman–Crippen MR) is 116 cm³/mol. The van der Waals surface area contributed by atoms with Crippen LogP contribution in [0.25, 0.3) is 0 Å². The smallest absolute Gasteiger partial charge is 0.305 e. The van der Waals surface area contributed by atoms with E-state index < -0.39 is 12.0 Å². The van der Waals surface area contributed by atoms with E-state index in [1.54, 1.807) is 18.2 Å². The Morgan fingerprint density at radius 2 is 2.12 bits per heavy atom. The molecule has 0 aliphatic carbocycles. The van der Waals surface area contributed by atoms with Crippen molar-refractivity contribution in [2.75, 3.05) is 13.7 Å². The first-order chi connectivity index (χ1) is 15.6. The molecule has 170 valence electrons. The molecule has 10 heteroatoms. The summed E-state index contributed by atoms with van der Waals surface area (Å²) in [6.45, 7) is 1.86. The fourth-order valence-corrected chi connectivity index (χ4v) is 4.03. The number of unbranched alkanes of at least 4 members (excludes halogenated alkanes) is 3. The number of carboxylic acids is 1. The average molecular weight is 441 g/mol. The van der Waals surface area contributed by atoms with E-state index in [0.717, 1.165) is 37.8 Å². The second kappa shape index (κ2) is 9.71. The van der Waals surface area contributed by atoms with Crippen molar-refractivity contribution in [1.29, 1.82) is 0 Å². The number of imidazole rings is 1. The van der Waals surface area contributed by atoms with Crippen LogP contribution in [0, 0.1) is 0 Å². The fourth-order valence-electron chi connectivity index (χ4n) is 4.03. The first kappa shape index (κ1) is 21.7. The minimum Gasteiger partial charge on any atom is -0.492 e. The summed E-state index contributed by atoms with van der Waals surface area (Å²) < 4.78 is 13.7. The highest BCUT2D eigenvalue weighted by Crippen LogP contribution is 2.41. The molecule has 0 saturated carbocycles. The standard InChI is InChI=1S/C22H27N5O5/c1-31-20-15-13-27-17(12-19(28)29)21(30)25-22(27)24-16(15)6-7-18(20)32-11-5-3-2-4-9-26-10-8-23-14-26/h6-8,10,14,17H,2-5,9,11-13H2,1H3,(H,28,29)(H,24,25,30). The van der Waals surface area contributed by atoms with Gasteiger partial charge in [0.2, 0.25) is 11.9 Å². The van der Waals surface area contributed by atoms with Gasteiger partial charge in [0.25, 0.3) is 0 Å². The second-order valence-electron chi connectivity index (χ2n) is 7.82. The molecule has 0 radical (unpaired) electrons. The van der Waals surface area contributed by atoms with Crippen LogP contribution in [-0.4, -0.2) is 57.2 Å². The molecule has 0 spiro atoms. The number of methoxy groups -OCH3 is 1. The molecule has 1 unspecified atom stereocenters. The van der Waals surface area contributed by atoms with Crippen molar-refractivity contribution in [3.8, 4) is 11.5 Å². The number of hydrogen-bond donors (Lipinski definition) is 2.